The zero-order valence-electron chi connectivity index (χ0n) is 7.95. The molecule has 2 atom stereocenters. The van der Waals surface area contributed by atoms with E-state index in [2.05, 4.69) is 10.1 Å². The molecule has 0 amide bonds. The Morgan fingerprint density at radius 2 is 2.46 bits per heavy atom. The predicted molar refractivity (Wildman–Crippen MR) is 48.3 cm³/mol. The van der Waals surface area contributed by atoms with Crippen molar-refractivity contribution in [3.05, 3.63) is 0 Å². The Kier molecular flexibility index (Phi) is 4.18. The number of carbonyl (C=O) groups excluding carboxylic acids is 1. The van der Waals surface area contributed by atoms with Crippen LogP contribution in [-0.2, 0) is 9.53 Å². The van der Waals surface area contributed by atoms with E-state index in [0.717, 1.165) is 25.8 Å². The number of carbonyl (C=O) groups is 1. The molecule has 0 aromatic rings. The van der Waals surface area contributed by atoms with Crippen LogP contribution in [0.4, 0.5) is 0 Å². The average molecular weight is 187 g/mol. The zero-order valence-corrected chi connectivity index (χ0v) is 7.95. The molecule has 0 radical (unpaired) electrons. The molecule has 1 aliphatic heterocycles. The smallest absolute Gasteiger partial charge is 0.308 e. The van der Waals surface area contributed by atoms with Gasteiger partial charge in [0.25, 0.3) is 0 Å². The number of ether oxygens (including phenoxy) is 1. The molecule has 1 fully saturated rings. The van der Waals surface area contributed by atoms with E-state index in [9.17, 15) is 9.90 Å². The molecule has 1 aliphatic rings. The third kappa shape index (κ3) is 3.32. The number of aliphatic hydroxyl groups excluding tert-OH is 1. The number of rotatable bonds is 3. The maximum Gasteiger partial charge on any atom is 0.308 e. The second-order valence-electron chi connectivity index (χ2n) is 3.40. The lowest BCUT2D eigenvalue weighted by Gasteiger charge is -2.27. The van der Waals surface area contributed by atoms with Crippen LogP contribution in [0.15, 0.2) is 0 Å². The normalized spacial score (nSPS) is 25.2. The molecular formula is C9H17NO3. The molecule has 2 N–H and O–H groups in total. The van der Waals surface area contributed by atoms with Gasteiger partial charge in [0.2, 0.25) is 0 Å². The minimum atomic E-state index is -0.604. The number of nitrogens with one attached hydrogen (secondary N) is 1. The van der Waals surface area contributed by atoms with Crippen molar-refractivity contribution in [1.29, 1.82) is 0 Å². The first-order valence-electron chi connectivity index (χ1n) is 4.72. The first kappa shape index (κ1) is 10.5. The summed E-state index contributed by atoms with van der Waals surface area (Å²) in [6.45, 7) is 0.933. The summed E-state index contributed by atoms with van der Waals surface area (Å²) in [7, 11) is 1.34. The lowest BCUT2D eigenvalue weighted by atomic mass is 9.98. The molecule has 0 aromatic heterocycles. The largest absolute Gasteiger partial charge is 0.469 e. The molecule has 1 rings (SSSR count). The summed E-state index contributed by atoms with van der Waals surface area (Å²) >= 11 is 0. The minimum Gasteiger partial charge on any atom is -0.469 e. The lowest BCUT2D eigenvalue weighted by molar-refractivity contribution is -0.143. The summed E-state index contributed by atoms with van der Waals surface area (Å²) in [6, 6.07) is 0.0628. The first-order chi connectivity index (χ1) is 6.24. The van der Waals surface area contributed by atoms with Gasteiger partial charge >= 0.3 is 5.97 Å². The van der Waals surface area contributed by atoms with E-state index in [1.54, 1.807) is 0 Å². The maximum absolute atomic E-state index is 10.9. The third-order valence-electron chi connectivity index (χ3n) is 2.42. The molecule has 76 valence electrons. The minimum absolute atomic E-state index is 0.0628. The molecule has 13 heavy (non-hydrogen) atoms. The summed E-state index contributed by atoms with van der Waals surface area (Å²) in [5, 5.41) is 12.8. The standard InChI is InChI=1S/C9H17NO3/c1-13-9(12)6-8(11)7-4-2-3-5-10-7/h7-8,10-11H,2-6H2,1H3/t7-,8-/m1/s1. The van der Waals surface area contributed by atoms with Crippen LogP contribution < -0.4 is 5.32 Å². The molecule has 1 saturated heterocycles. The van der Waals surface area contributed by atoms with Crippen LogP contribution in [0.3, 0.4) is 0 Å². The van der Waals surface area contributed by atoms with Gasteiger partial charge in [-0.3, -0.25) is 4.79 Å². The van der Waals surface area contributed by atoms with Crippen molar-refractivity contribution in [3.8, 4) is 0 Å². The summed E-state index contributed by atoms with van der Waals surface area (Å²) in [6.07, 6.45) is 2.71. The molecule has 4 nitrogen and oxygen atoms in total. The lowest BCUT2D eigenvalue weighted by Crippen LogP contribution is -2.44. The highest BCUT2D eigenvalue weighted by molar-refractivity contribution is 5.69. The van der Waals surface area contributed by atoms with Gasteiger partial charge in [-0.25, -0.2) is 0 Å². The number of methoxy groups -OCH3 is 1. The maximum atomic E-state index is 10.9. The Morgan fingerprint density at radius 3 is 3.00 bits per heavy atom. The van der Waals surface area contributed by atoms with Gasteiger partial charge in [-0.1, -0.05) is 6.42 Å². The summed E-state index contributed by atoms with van der Waals surface area (Å²) < 4.78 is 4.48. The molecule has 0 spiro atoms. The van der Waals surface area contributed by atoms with E-state index in [0.29, 0.717) is 0 Å². The van der Waals surface area contributed by atoms with E-state index in [1.165, 1.54) is 7.11 Å². The summed E-state index contributed by atoms with van der Waals surface area (Å²) in [4.78, 5) is 10.9. The van der Waals surface area contributed by atoms with E-state index >= 15 is 0 Å². The van der Waals surface area contributed by atoms with Crippen LogP contribution in [0.25, 0.3) is 0 Å². The molecule has 0 aromatic carbocycles. The molecule has 1 heterocycles. The van der Waals surface area contributed by atoms with E-state index in [1.807, 2.05) is 0 Å². The fourth-order valence-corrected chi connectivity index (χ4v) is 1.60. The van der Waals surface area contributed by atoms with Crippen LogP contribution in [0.1, 0.15) is 25.7 Å². The van der Waals surface area contributed by atoms with E-state index in [4.69, 9.17) is 0 Å². The highest BCUT2D eigenvalue weighted by Gasteiger charge is 2.23. The molecule has 0 bridgehead atoms. The number of piperidine rings is 1. The predicted octanol–water partition coefficient (Wildman–Crippen LogP) is 0.0525. The van der Waals surface area contributed by atoms with Crippen LogP contribution in [-0.4, -0.2) is 36.9 Å². The SMILES string of the molecule is COC(=O)C[C@@H](O)[C@H]1CCCCN1. The molecular weight excluding hydrogens is 170 g/mol. The molecule has 0 unspecified atom stereocenters. The van der Waals surface area contributed by atoms with Crippen LogP contribution >= 0.6 is 0 Å². The highest BCUT2D eigenvalue weighted by atomic mass is 16.5. The fraction of sp³-hybridized carbons (Fsp3) is 0.889. The summed E-state index contributed by atoms with van der Waals surface area (Å²) in [5.41, 5.74) is 0. The topological polar surface area (TPSA) is 58.6 Å². The Morgan fingerprint density at radius 1 is 1.69 bits per heavy atom. The molecule has 4 heteroatoms. The first-order valence-corrected chi connectivity index (χ1v) is 4.72. The van der Waals surface area contributed by atoms with Gasteiger partial charge in [-0.2, -0.15) is 0 Å². The zero-order chi connectivity index (χ0) is 9.68. The number of hydrogen-bond acceptors (Lipinski definition) is 4. The molecule has 0 saturated carbocycles. The van der Waals surface area contributed by atoms with Crippen molar-refractivity contribution in [2.75, 3.05) is 13.7 Å². The van der Waals surface area contributed by atoms with Gasteiger partial charge < -0.3 is 15.2 Å². The van der Waals surface area contributed by atoms with Crippen molar-refractivity contribution in [3.63, 3.8) is 0 Å². The Hall–Kier alpha value is -0.610. The number of hydrogen-bond donors (Lipinski definition) is 2. The van der Waals surface area contributed by atoms with Gasteiger partial charge in [0.1, 0.15) is 0 Å². The second-order valence-corrected chi connectivity index (χ2v) is 3.40. The van der Waals surface area contributed by atoms with Crippen molar-refractivity contribution in [2.45, 2.75) is 37.8 Å². The van der Waals surface area contributed by atoms with E-state index in [-0.39, 0.29) is 18.4 Å². The van der Waals surface area contributed by atoms with Gasteiger partial charge in [0, 0.05) is 6.04 Å². The Balaban J connectivity index is 2.28. The number of aliphatic hydroxyl groups is 1. The number of esters is 1. The second kappa shape index (κ2) is 5.19. The van der Waals surface area contributed by atoms with Crippen LogP contribution in [0.5, 0.6) is 0 Å². The highest BCUT2D eigenvalue weighted by Crippen LogP contribution is 2.12. The van der Waals surface area contributed by atoms with Gasteiger partial charge in [0.05, 0.1) is 19.6 Å². The Labute approximate surface area is 78.3 Å². The van der Waals surface area contributed by atoms with Crippen LogP contribution in [0, 0.1) is 0 Å². The quantitative estimate of drug-likeness (QED) is 0.613. The van der Waals surface area contributed by atoms with Crippen LogP contribution in [0.2, 0.25) is 0 Å². The van der Waals surface area contributed by atoms with E-state index < -0.39 is 6.10 Å². The fourth-order valence-electron chi connectivity index (χ4n) is 1.60. The third-order valence-corrected chi connectivity index (χ3v) is 2.42. The molecule has 0 aliphatic carbocycles. The van der Waals surface area contributed by atoms with Crippen molar-refractivity contribution in [2.24, 2.45) is 0 Å². The van der Waals surface area contributed by atoms with Gasteiger partial charge in [0.15, 0.2) is 0 Å². The Bertz CT molecular complexity index is 166. The van der Waals surface area contributed by atoms with Gasteiger partial charge in [-0.05, 0) is 19.4 Å². The monoisotopic (exact) mass is 187 g/mol. The van der Waals surface area contributed by atoms with Crippen molar-refractivity contribution < 1.29 is 14.6 Å². The van der Waals surface area contributed by atoms with Gasteiger partial charge in [-0.15, -0.1) is 0 Å². The van der Waals surface area contributed by atoms with Crippen molar-refractivity contribution >= 4 is 5.97 Å². The summed E-state index contributed by atoms with van der Waals surface area (Å²) in [5.74, 6) is -0.347. The average Bonchev–Trinajstić information content (AvgIpc) is 2.19. The van der Waals surface area contributed by atoms with Crippen molar-refractivity contribution in [1.82, 2.24) is 5.32 Å².